The van der Waals surface area contributed by atoms with E-state index in [1.165, 1.54) is 12.1 Å². The molecule has 1 aromatic carbocycles. The van der Waals surface area contributed by atoms with Crippen molar-refractivity contribution in [3.8, 4) is 0 Å². The third-order valence-corrected chi connectivity index (χ3v) is 3.84. The minimum absolute atomic E-state index is 0.190. The van der Waals surface area contributed by atoms with Crippen molar-refractivity contribution in [2.45, 2.75) is 12.5 Å². The second-order valence-corrected chi connectivity index (χ2v) is 5.07. The number of hydrogen-bond donors (Lipinski definition) is 1. The number of nitro groups is 2. The molecule has 7 nitrogen and oxygen atoms in total. The molecular weight excluding hydrogens is 258 g/mol. The Hall–Kier alpha value is -1.83. The Labute approximate surface area is 107 Å². The van der Waals surface area contributed by atoms with Crippen LogP contribution in [0.2, 0.25) is 0 Å². The van der Waals surface area contributed by atoms with E-state index in [4.69, 9.17) is 0 Å². The zero-order valence-electron chi connectivity index (χ0n) is 9.37. The molecule has 1 aliphatic heterocycles. The lowest BCUT2D eigenvalue weighted by molar-refractivity contribution is -0.393. The number of anilines is 1. The highest BCUT2D eigenvalue weighted by molar-refractivity contribution is 7.99. The van der Waals surface area contributed by atoms with E-state index < -0.39 is 9.85 Å². The van der Waals surface area contributed by atoms with Crippen molar-refractivity contribution in [3.63, 3.8) is 0 Å². The molecule has 2 rings (SSSR count). The van der Waals surface area contributed by atoms with Crippen LogP contribution in [-0.2, 0) is 0 Å². The van der Waals surface area contributed by atoms with E-state index in [1.807, 2.05) is 0 Å². The molecule has 8 heteroatoms. The second-order valence-electron chi connectivity index (χ2n) is 3.92. The van der Waals surface area contributed by atoms with Gasteiger partial charge in [0.1, 0.15) is 5.69 Å². The van der Waals surface area contributed by atoms with Gasteiger partial charge in [0.25, 0.3) is 11.4 Å². The van der Waals surface area contributed by atoms with E-state index in [-0.39, 0.29) is 17.4 Å². The Balaban J connectivity index is 2.28. The molecule has 0 amide bonds. The summed E-state index contributed by atoms with van der Waals surface area (Å²) in [5.41, 5.74) is -0.174. The first-order valence-electron chi connectivity index (χ1n) is 5.35. The van der Waals surface area contributed by atoms with Crippen LogP contribution in [0.1, 0.15) is 6.42 Å². The van der Waals surface area contributed by atoms with Crippen LogP contribution in [0.25, 0.3) is 0 Å². The lowest BCUT2D eigenvalue weighted by Gasteiger charge is -2.12. The van der Waals surface area contributed by atoms with Crippen LogP contribution in [0.15, 0.2) is 18.2 Å². The van der Waals surface area contributed by atoms with Gasteiger partial charge in [-0.25, -0.2) is 0 Å². The molecule has 0 aliphatic carbocycles. The van der Waals surface area contributed by atoms with Crippen molar-refractivity contribution in [2.75, 3.05) is 16.8 Å². The molecule has 1 aromatic rings. The fraction of sp³-hybridized carbons (Fsp3) is 0.400. The van der Waals surface area contributed by atoms with E-state index in [2.05, 4.69) is 5.32 Å². The van der Waals surface area contributed by atoms with E-state index in [0.29, 0.717) is 5.69 Å². The molecule has 0 unspecified atom stereocenters. The van der Waals surface area contributed by atoms with Gasteiger partial charge in [0.05, 0.1) is 15.9 Å². The summed E-state index contributed by atoms with van der Waals surface area (Å²) in [5, 5.41) is 24.6. The zero-order chi connectivity index (χ0) is 13.1. The monoisotopic (exact) mass is 269 g/mol. The summed E-state index contributed by atoms with van der Waals surface area (Å²) in [6.45, 7) is 0. The molecule has 0 radical (unpaired) electrons. The summed E-state index contributed by atoms with van der Waals surface area (Å²) in [7, 11) is 0. The van der Waals surface area contributed by atoms with Gasteiger partial charge in [-0.15, -0.1) is 0 Å². The van der Waals surface area contributed by atoms with Crippen molar-refractivity contribution in [1.82, 2.24) is 0 Å². The Morgan fingerprint density at radius 1 is 1.28 bits per heavy atom. The molecular formula is C10H11N3O4S. The highest BCUT2D eigenvalue weighted by atomic mass is 32.2. The topological polar surface area (TPSA) is 98.3 Å². The largest absolute Gasteiger partial charge is 0.376 e. The third kappa shape index (κ3) is 2.70. The van der Waals surface area contributed by atoms with Crippen molar-refractivity contribution in [1.29, 1.82) is 0 Å². The minimum atomic E-state index is -0.637. The quantitative estimate of drug-likeness (QED) is 0.665. The Morgan fingerprint density at radius 2 is 2.06 bits per heavy atom. The summed E-state index contributed by atoms with van der Waals surface area (Å²) in [5.74, 6) is 1.92. The maximum absolute atomic E-state index is 10.9. The molecule has 1 atom stereocenters. The second kappa shape index (κ2) is 5.21. The molecule has 0 saturated carbocycles. The van der Waals surface area contributed by atoms with Crippen molar-refractivity contribution in [3.05, 3.63) is 38.4 Å². The van der Waals surface area contributed by atoms with E-state index in [9.17, 15) is 20.2 Å². The Kier molecular flexibility index (Phi) is 3.66. The van der Waals surface area contributed by atoms with Gasteiger partial charge < -0.3 is 5.32 Å². The third-order valence-electron chi connectivity index (χ3n) is 2.68. The summed E-state index contributed by atoms with van der Waals surface area (Å²) in [4.78, 5) is 20.3. The van der Waals surface area contributed by atoms with Gasteiger partial charge in [0.15, 0.2) is 0 Å². The fourth-order valence-electron chi connectivity index (χ4n) is 1.77. The minimum Gasteiger partial charge on any atom is -0.376 e. The first kappa shape index (κ1) is 12.6. The van der Waals surface area contributed by atoms with Gasteiger partial charge in [0.2, 0.25) is 0 Å². The Morgan fingerprint density at radius 3 is 2.61 bits per heavy atom. The van der Waals surface area contributed by atoms with Crippen LogP contribution in [-0.4, -0.2) is 27.4 Å². The number of nitro benzene ring substituents is 2. The standard InChI is InChI=1S/C10H11N3O4S/c14-12(15)8-1-2-9(10(5-8)13(16)17)11-7-3-4-18-6-7/h1-2,5,7,11H,3-4,6H2/t7-/m1/s1. The van der Waals surface area contributed by atoms with Crippen LogP contribution >= 0.6 is 11.8 Å². The fourth-order valence-corrected chi connectivity index (χ4v) is 2.93. The van der Waals surface area contributed by atoms with E-state index in [0.717, 1.165) is 24.0 Å². The molecule has 1 fully saturated rings. The van der Waals surface area contributed by atoms with Crippen LogP contribution in [0.3, 0.4) is 0 Å². The summed E-state index contributed by atoms with van der Waals surface area (Å²) < 4.78 is 0. The molecule has 1 heterocycles. The molecule has 1 N–H and O–H groups in total. The smallest absolute Gasteiger partial charge is 0.299 e. The number of nitrogens with one attached hydrogen (secondary N) is 1. The number of thioether (sulfide) groups is 1. The SMILES string of the molecule is O=[N+]([O-])c1ccc(N[C@@H]2CCSC2)c([N+](=O)[O-])c1. The van der Waals surface area contributed by atoms with Crippen LogP contribution in [0.4, 0.5) is 17.1 Å². The number of nitrogens with zero attached hydrogens (tertiary/aromatic N) is 2. The lowest BCUT2D eigenvalue weighted by Crippen LogP contribution is -2.18. The molecule has 1 saturated heterocycles. The average Bonchev–Trinajstić information content (AvgIpc) is 2.81. The van der Waals surface area contributed by atoms with Gasteiger partial charge in [0, 0.05) is 17.9 Å². The maximum Gasteiger partial charge on any atom is 0.299 e. The number of non-ortho nitro benzene ring substituents is 1. The number of rotatable bonds is 4. The Bertz CT molecular complexity index is 488. The molecule has 0 aromatic heterocycles. The van der Waals surface area contributed by atoms with Crippen molar-refractivity contribution >= 4 is 28.8 Å². The van der Waals surface area contributed by atoms with Crippen LogP contribution in [0, 0.1) is 20.2 Å². The van der Waals surface area contributed by atoms with E-state index in [1.54, 1.807) is 11.8 Å². The predicted octanol–water partition coefficient (Wildman–Crippen LogP) is 2.42. The predicted molar refractivity (Wildman–Crippen MR) is 69.1 cm³/mol. The highest BCUT2D eigenvalue weighted by Gasteiger charge is 2.23. The summed E-state index contributed by atoms with van der Waals surface area (Å²) in [6, 6.07) is 3.86. The highest BCUT2D eigenvalue weighted by Crippen LogP contribution is 2.31. The number of hydrogen-bond acceptors (Lipinski definition) is 6. The van der Waals surface area contributed by atoms with Gasteiger partial charge in [-0.3, -0.25) is 20.2 Å². The van der Waals surface area contributed by atoms with Gasteiger partial charge in [-0.1, -0.05) is 0 Å². The van der Waals surface area contributed by atoms with Gasteiger partial charge in [-0.2, -0.15) is 11.8 Å². The van der Waals surface area contributed by atoms with Crippen LogP contribution in [0.5, 0.6) is 0 Å². The average molecular weight is 269 g/mol. The molecule has 1 aliphatic rings. The molecule has 96 valence electrons. The summed E-state index contributed by atoms with van der Waals surface area (Å²) >= 11 is 1.78. The first-order valence-corrected chi connectivity index (χ1v) is 6.50. The number of benzene rings is 1. The van der Waals surface area contributed by atoms with E-state index >= 15 is 0 Å². The summed E-state index contributed by atoms with van der Waals surface area (Å²) in [6.07, 6.45) is 0.943. The van der Waals surface area contributed by atoms with Gasteiger partial charge >= 0.3 is 0 Å². The normalized spacial score (nSPS) is 18.6. The van der Waals surface area contributed by atoms with Crippen LogP contribution < -0.4 is 5.32 Å². The lowest BCUT2D eigenvalue weighted by atomic mass is 10.2. The molecule has 0 bridgehead atoms. The maximum atomic E-state index is 10.9. The van der Waals surface area contributed by atoms with Gasteiger partial charge in [-0.05, 0) is 18.2 Å². The first-order chi connectivity index (χ1) is 8.58. The van der Waals surface area contributed by atoms with Crippen molar-refractivity contribution < 1.29 is 9.85 Å². The zero-order valence-corrected chi connectivity index (χ0v) is 10.2. The molecule has 0 spiro atoms. The molecule has 18 heavy (non-hydrogen) atoms. The van der Waals surface area contributed by atoms with Crippen molar-refractivity contribution in [2.24, 2.45) is 0 Å².